The largest absolute Gasteiger partial charge is 0.377 e. The van der Waals surface area contributed by atoms with Crippen molar-refractivity contribution in [2.24, 2.45) is 0 Å². The fraction of sp³-hybridized carbons (Fsp3) is 0.833. The lowest BCUT2D eigenvalue weighted by molar-refractivity contribution is -0.135. The van der Waals surface area contributed by atoms with Crippen LogP contribution in [-0.2, 0) is 14.3 Å². The van der Waals surface area contributed by atoms with Crippen molar-refractivity contribution in [1.29, 1.82) is 0 Å². The van der Waals surface area contributed by atoms with E-state index in [1.807, 2.05) is 20.8 Å². The molecule has 5 heteroatoms. The Morgan fingerprint density at radius 1 is 1.47 bits per heavy atom. The second-order valence-corrected chi connectivity index (χ2v) is 4.33. The number of carbonyl (C=O) groups excluding carboxylic acids is 2. The molecule has 5 nitrogen and oxygen atoms in total. The summed E-state index contributed by atoms with van der Waals surface area (Å²) in [4.78, 5) is 25.3. The van der Waals surface area contributed by atoms with Crippen LogP contribution in [0.4, 0.5) is 0 Å². The summed E-state index contributed by atoms with van der Waals surface area (Å²) >= 11 is 0. The lowest BCUT2D eigenvalue weighted by atomic mass is 10.2. The van der Waals surface area contributed by atoms with Gasteiger partial charge in [0.05, 0.1) is 6.10 Å². The number of hydrogen-bond acceptors (Lipinski definition) is 3. The van der Waals surface area contributed by atoms with Crippen molar-refractivity contribution >= 4 is 11.8 Å². The molecule has 0 spiro atoms. The van der Waals surface area contributed by atoms with Gasteiger partial charge in [0.15, 0.2) is 0 Å². The predicted molar refractivity (Wildman–Crippen MR) is 64.5 cm³/mol. The minimum absolute atomic E-state index is 0.00454. The molecule has 0 radical (unpaired) electrons. The van der Waals surface area contributed by atoms with E-state index in [9.17, 15) is 9.59 Å². The molecule has 1 aliphatic rings. The predicted octanol–water partition coefficient (Wildman–Crippen LogP) is 0.538. The lowest BCUT2D eigenvalue weighted by Crippen LogP contribution is -2.46. The van der Waals surface area contributed by atoms with Crippen LogP contribution in [0.5, 0.6) is 0 Å². The number of hydrogen-bond donors (Lipinski definition) is 1. The minimum Gasteiger partial charge on any atom is -0.377 e. The molecule has 1 N–H and O–H groups in total. The van der Waals surface area contributed by atoms with Crippen molar-refractivity contribution in [3.05, 3.63) is 0 Å². The summed E-state index contributed by atoms with van der Waals surface area (Å²) in [7, 11) is 0. The van der Waals surface area contributed by atoms with Crippen molar-refractivity contribution < 1.29 is 14.3 Å². The Hall–Kier alpha value is -1.10. The molecule has 1 heterocycles. The normalized spacial score (nSPS) is 23.2. The first-order valence-electron chi connectivity index (χ1n) is 6.28. The first-order chi connectivity index (χ1) is 8.08. The van der Waals surface area contributed by atoms with Crippen LogP contribution in [0.25, 0.3) is 0 Å². The summed E-state index contributed by atoms with van der Waals surface area (Å²) in [5.41, 5.74) is 0. The fourth-order valence-electron chi connectivity index (χ4n) is 2.00. The number of nitrogens with one attached hydrogen (secondary N) is 1. The van der Waals surface area contributed by atoms with E-state index in [0.717, 1.165) is 0 Å². The van der Waals surface area contributed by atoms with Gasteiger partial charge in [-0.2, -0.15) is 0 Å². The molecule has 1 aliphatic heterocycles. The van der Waals surface area contributed by atoms with Gasteiger partial charge in [-0.25, -0.2) is 0 Å². The zero-order valence-electron chi connectivity index (χ0n) is 10.9. The molecule has 1 saturated heterocycles. The molecule has 0 aromatic heterocycles. The van der Waals surface area contributed by atoms with Gasteiger partial charge in [0.1, 0.15) is 6.04 Å². The van der Waals surface area contributed by atoms with Gasteiger partial charge < -0.3 is 15.0 Å². The number of rotatable bonds is 5. The van der Waals surface area contributed by atoms with Crippen LogP contribution in [0.15, 0.2) is 0 Å². The molecule has 2 unspecified atom stereocenters. The van der Waals surface area contributed by atoms with Crippen molar-refractivity contribution in [3.63, 3.8) is 0 Å². The van der Waals surface area contributed by atoms with Crippen LogP contribution in [0.2, 0.25) is 0 Å². The molecule has 1 fully saturated rings. The molecule has 2 amide bonds. The van der Waals surface area contributed by atoms with Crippen molar-refractivity contribution in [2.75, 3.05) is 19.7 Å². The van der Waals surface area contributed by atoms with E-state index in [0.29, 0.717) is 32.5 Å². The van der Waals surface area contributed by atoms with E-state index < -0.39 is 0 Å². The highest BCUT2D eigenvalue weighted by atomic mass is 16.5. The summed E-state index contributed by atoms with van der Waals surface area (Å²) in [5.74, 6) is -0.0401. The third-order valence-corrected chi connectivity index (χ3v) is 2.89. The van der Waals surface area contributed by atoms with Crippen LogP contribution < -0.4 is 5.32 Å². The van der Waals surface area contributed by atoms with Gasteiger partial charge in [0.2, 0.25) is 11.8 Å². The second-order valence-electron chi connectivity index (χ2n) is 4.33. The van der Waals surface area contributed by atoms with E-state index in [4.69, 9.17) is 4.74 Å². The molecule has 0 aromatic rings. The van der Waals surface area contributed by atoms with Gasteiger partial charge in [-0.1, -0.05) is 6.92 Å². The molecule has 17 heavy (non-hydrogen) atoms. The number of nitrogens with zero attached hydrogens (tertiary/aromatic N) is 1. The molecule has 0 aliphatic carbocycles. The highest BCUT2D eigenvalue weighted by Crippen LogP contribution is 2.08. The monoisotopic (exact) mass is 242 g/mol. The topological polar surface area (TPSA) is 58.6 Å². The maximum absolute atomic E-state index is 12.1. The van der Waals surface area contributed by atoms with Crippen LogP contribution in [0.3, 0.4) is 0 Å². The zero-order chi connectivity index (χ0) is 12.8. The quantitative estimate of drug-likeness (QED) is 0.765. The van der Waals surface area contributed by atoms with Crippen LogP contribution in [0.1, 0.15) is 33.6 Å². The average molecular weight is 242 g/mol. The average Bonchev–Trinajstić information content (AvgIpc) is 2.42. The molecule has 0 bridgehead atoms. The summed E-state index contributed by atoms with van der Waals surface area (Å²) in [6.07, 6.45) is 1.01. The maximum Gasteiger partial charge on any atom is 0.245 e. The number of carbonyl (C=O) groups is 2. The molecule has 98 valence electrons. The van der Waals surface area contributed by atoms with Gasteiger partial charge in [-0.15, -0.1) is 0 Å². The van der Waals surface area contributed by atoms with Crippen LogP contribution in [-0.4, -0.2) is 48.6 Å². The summed E-state index contributed by atoms with van der Waals surface area (Å²) < 4.78 is 5.43. The highest BCUT2D eigenvalue weighted by Gasteiger charge is 2.29. The highest BCUT2D eigenvalue weighted by molar-refractivity contribution is 5.89. The summed E-state index contributed by atoms with van der Waals surface area (Å²) in [6, 6.07) is -0.376. The van der Waals surface area contributed by atoms with Gasteiger partial charge >= 0.3 is 0 Å². The summed E-state index contributed by atoms with van der Waals surface area (Å²) in [5, 5.41) is 2.74. The van der Waals surface area contributed by atoms with Crippen LogP contribution >= 0.6 is 0 Å². The van der Waals surface area contributed by atoms with E-state index in [-0.39, 0.29) is 24.0 Å². The van der Waals surface area contributed by atoms with Gasteiger partial charge in [-0.05, 0) is 20.3 Å². The van der Waals surface area contributed by atoms with Gasteiger partial charge in [0.25, 0.3) is 0 Å². The Kier molecular flexibility index (Phi) is 5.41. The van der Waals surface area contributed by atoms with Crippen molar-refractivity contribution in [1.82, 2.24) is 10.2 Å². The first kappa shape index (κ1) is 14.0. The number of ether oxygens (including phenoxy) is 1. The van der Waals surface area contributed by atoms with E-state index in [1.54, 1.807) is 4.90 Å². The zero-order valence-corrected chi connectivity index (χ0v) is 10.9. The van der Waals surface area contributed by atoms with E-state index in [1.165, 1.54) is 0 Å². The second kappa shape index (κ2) is 6.59. The van der Waals surface area contributed by atoms with Crippen molar-refractivity contribution in [2.45, 2.75) is 45.8 Å². The van der Waals surface area contributed by atoms with Gasteiger partial charge in [0, 0.05) is 26.1 Å². The summed E-state index contributed by atoms with van der Waals surface area (Å²) in [6.45, 7) is 7.45. The molecule has 0 aromatic carbocycles. The third-order valence-electron chi connectivity index (χ3n) is 2.89. The third kappa shape index (κ3) is 4.00. The van der Waals surface area contributed by atoms with E-state index in [2.05, 4.69) is 5.32 Å². The van der Waals surface area contributed by atoms with Crippen LogP contribution in [0, 0.1) is 0 Å². The first-order valence-corrected chi connectivity index (χ1v) is 6.28. The fourth-order valence-corrected chi connectivity index (χ4v) is 2.00. The Balaban J connectivity index is 2.63. The standard InChI is InChI=1S/C12H22N2O3/c1-4-10-12(16)14(7-6-11(15)13-10)8-9(3)17-5-2/h9-10H,4-8H2,1-3H3,(H,13,15). The van der Waals surface area contributed by atoms with Crippen molar-refractivity contribution in [3.8, 4) is 0 Å². The Morgan fingerprint density at radius 3 is 2.76 bits per heavy atom. The molecule has 2 atom stereocenters. The Labute approximate surface area is 102 Å². The van der Waals surface area contributed by atoms with E-state index >= 15 is 0 Å². The molecular weight excluding hydrogens is 220 g/mol. The Bertz CT molecular complexity index is 281. The Morgan fingerprint density at radius 2 is 2.18 bits per heavy atom. The SMILES string of the molecule is CCOC(C)CN1CCC(=O)NC(CC)C1=O. The molecular formula is C12H22N2O3. The molecule has 0 saturated carbocycles. The van der Waals surface area contributed by atoms with Gasteiger partial charge in [-0.3, -0.25) is 9.59 Å². The smallest absolute Gasteiger partial charge is 0.245 e. The lowest BCUT2D eigenvalue weighted by Gasteiger charge is -2.26. The molecule has 1 rings (SSSR count). The number of amides is 2. The minimum atomic E-state index is -0.376. The maximum atomic E-state index is 12.1.